The Hall–Kier alpha value is -4.69. The summed E-state index contributed by atoms with van der Waals surface area (Å²) in [7, 11) is 0. The number of fused-ring (bicyclic) bond motifs is 1. The molecule has 0 atom stereocenters. The molecule has 4 N–H and O–H groups in total. The molecular formula is C28H25ClF3N9O2. The highest BCUT2D eigenvalue weighted by molar-refractivity contribution is 6.34. The molecular weight excluding hydrogens is 587 g/mol. The fourth-order valence-corrected chi connectivity index (χ4v) is 4.97. The van der Waals surface area contributed by atoms with Crippen LogP contribution in [0, 0.1) is 24.4 Å². The number of rotatable bonds is 8. The number of aryl methyl sites for hydroxylation is 1. The highest BCUT2D eigenvalue weighted by Gasteiger charge is 2.22. The third kappa shape index (κ3) is 6.10. The fourth-order valence-electron chi connectivity index (χ4n) is 4.76. The first kappa shape index (κ1) is 28.4. The standard InChI is InChI=1S/C28H25ClF3N9O2/c1-14-8-23(40-39-14)36-25-19-13-34-41(17-4-6-43-7-5-17)26(19)38-28(37-25)33-12-15-2-3-20(29)18(9-15)27(42)35-16-10-21(30)24(32)22(31)11-16/h2-3,8-11,13,17H,4-7,12H2,1H3,(H,35,42)(H3,33,36,37,38,39,40). The van der Waals surface area contributed by atoms with Crippen LogP contribution < -0.4 is 16.0 Å². The van der Waals surface area contributed by atoms with Crippen molar-refractivity contribution in [2.45, 2.75) is 32.4 Å². The number of hydrogen-bond acceptors (Lipinski definition) is 8. The molecule has 0 spiro atoms. The maximum absolute atomic E-state index is 13.6. The quantitative estimate of drug-likeness (QED) is 0.160. The van der Waals surface area contributed by atoms with E-state index in [0.717, 1.165) is 23.9 Å². The summed E-state index contributed by atoms with van der Waals surface area (Å²) in [6.45, 7) is 3.37. The topological polar surface area (TPSA) is 135 Å². The number of carbonyl (C=O) groups is 1. The Bertz CT molecular complexity index is 1800. The molecule has 6 rings (SSSR count). The van der Waals surface area contributed by atoms with E-state index in [1.807, 2.05) is 17.7 Å². The van der Waals surface area contributed by atoms with Crippen molar-refractivity contribution in [3.8, 4) is 0 Å². The number of nitrogens with one attached hydrogen (secondary N) is 4. The van der Waals surface area contributed by atoms with E-state index in [1.165, 1.54) is 12.1 Å². The minimum absolute atomic E-state index is 0.0522. The van der Waals surface area contributed by atoms with Gasteiger partial charge in [0, 0.05) is 49.3 Å². The van der Waals surface area contributed by atoms with Gasteiger partial charge in [0.1, 0.15) is 5.82 Å². The summed E-state index contributed by atoms with van der Waals surface area (Å²) in [5.74, 6) is -3.82. The van der Waals surface area contributed by atoms with Gasteiger partial charge in [-0.25, -0.2) is 17.9 Å². The summed E-state index contributed by atoms with van der Waals surface area (Å²) in [5, 5.41) is 21.3. The SMILES string of the molecule is Cc1cc(Nc2nc(NCc3ccc(Cl)c(C(=O)Nc4cc(F)c(F)c(F)c4)c3)nc3c2cnn3C2CCOCC2)n[nH]1. The lowest BCUT2D eigenvalue weighted by atomic mass is 10.1. The normalized spacial score (nSPS) is 13.8. The summed E-state index contributed by atoms with van der Waals surface area (Å²) in [6.07, 6.45) is 3.33. The van der Waals surface area contributed by atoms with E-state index in [0.29, 0.717) is 54.1 Å². The molecule has 0 bridgehead atoms. The second kappa shape index (κ2) is 11.9. The molecule has 4 heterocycles. The fraction of sp³-hybridized carbons (Fsp3) is 0.250. The third-order valence-electron chi connectivity index (χ3n) is 6.91. The van der Waals surface area contributed by atoms with Crippen molar-refractivity contribution in [3.05, 3.63) is 81.9 Å². The van der Waals surface area contributed by atoms with E-state index in [4.69, 9.17) is 21.3 Å². The lowest BCUT2D eigenvalue weighted by Gasteiger charge is -2.22. The Balaban J connectivity index is 1.26. The Morgan fingerprint density at radius 2 is 1.88 bits per heavy atom. The highest BCUT2D eigenvalue weighted by atomic mass is 35.5. The van der Waals surface area contributed by atoms with Crippen LogP contribution in [0.25, 0.3) is 11.0 Å². The van der Waals surface area contributed by atoms with E-state index in [2.05, 4.69) is 36.2 Å². The molecule has 3 aromatic heterocycles. The summed E-state index contributed by atoms with van der Waals surface area (Å²) in [6, 6.07) is 8.09. The number of hydrogen-bond donors (Lipinski definition) is 4. The predicted octanol–water partition coefficient (Wildman–Crippen LogP) is 5.89. The zero-order chi connectivity index (χ0) is 30.1. The molecule has 15 heteroatoms. The second-order valence-electron chi connectivity index (χ2n) is 10.0. The van der Waals surface area contributed by atoms with Crippen LogP contribution >= 0.6 is 11.6 Å². The molecule has 2 aromatic carbocycles. The van der Waals surface area contributed by atoms with Crippen molar-refractivity contribution >= 4 is 51.8 Å². The number of ether oxygens (including phenoxy) is 1. The first-order valence-corrected chi connectivity index (χ1v) is 13.7. The molecule has 1 aliphatic heterocycles. The molecule has 1 amide bonds. The first-order valence-electron chi connectivity index (χ1n) is 13.4. The molecule has 0 unspecified atom stereocenters. The molecule has 43 heavy (non-hydrogen) atoms. The highest BCUT2D eigenvalue weighted by Crippen LogP contribution is 2.30. The van der Waals surface area contributed by atoms with Gasteiger partial charge in [-0.1, -0.05) is 17.7 Å². The van der Waals surface area contributed by atoms with Crippen LogP contribution in [0.3, 0.4) is 0 Å². The van der Waals surface area contributed by atoms with Crippen molar-refractivity contribution < 1.29 is 22.7 Å². The molecule has 5 aromatic rings. The number of carbonyl (C=O) groups excluding carboxylic acids is 1. The predicted molar refractivity (Wildman–Crippen MR) is 154 cm³/mol. The van der Waals surface area contributed by atoms with Gasteiger partial charge in [-0.2, -0.15) is 20.2 Å². The molecule has 1 aliphatic rings. The zero-order valence-corrected chi connectivity index (χ0v) is 23.5. The molecule has 222 valence electrons. The largest absolute Gasteiger partial charge is 0.381 e. The van der Waals surface area contributed by atoms with Gasteiger partial charge >= 0.3 is 0 Å². The molecule has 1 fully saturated rings. The number of aromatic nitrogens is 6. The van der Waals surface area contributed by atoms with Gasteiger partial charge in [0.2, 0.25) is 5.95 Å². The van der Waals surface area contributed by atoms with Gasteiger partial charge in [-0.15, -0.1) is 0 Å². The number of aromatic amines is 1. The van der Waals surface area contributed by atoms with E-state index in [9.17, 15) is 18.0 Å². The van der Waals surface area contributed by atoms with Crippen molar-refractivity contribution in [2.75, 3.05) is 29.2 Å². The first-order chi connectivity index (χ1) is 20.7. The third-order valence-corrected chi connectivity index (χ3v) is 7.24. The van der Waals surface area contributed by atoms with Crippen molar-refractivity contribution in [2.24, 2.45) is 0 Å². The van der Waals surface area contributed by atoms with Gasteiger partial charge < -0.3 is 20.7 Å². The van der Waals surface area contributed by atoms with Crippen LogP contribution in [0.2, 0.25) is 5.02 Å². The van der Waals surface area contributed by atoms with Gasteiger partial charge in [-0.3, -0.25) is 9.89 Å². The molecule has 11 nitrogen and oxygen atoms in total. The second-order valence-corrected chi connectivity index (χ2v) is 10.4. The maximum atomic E-state index is 13.6. The van der Waals surface area contributed by atoms with Crippen LogP contribution in [0.5, 0.6) is 0 Å². The van der Waals surface area contributed by atoms with E-state index in [-0.39, 0.29) is 28.9 Å². The number of nitrogens with zero attached hydrogens (tertiary/aromatic N) is 5. The minimum atomic E-state index is -1.63. The number of H-pyrrole nitrogens is 1. The van der Waals surface area contributed by atoms with Gasteiger partial charge in [0.15, 0.2) is 28.9 Å². The maximum Gasteiger partial charge on any atom is 0.257 e. The van der Waals surface area contributed by atoms with Crippen LogP contribution in [-0.2, 0) is 11.3 Å². The average Bonchev–Trinajstić information content (AvgIpc) is 3.61. The minimum Gasteiger partial charge on any atom is -0.381 e. The average molecular weight is 612 g/mol. The molecule has 0 aliphatic carbocycles. The van der Waals surface area contributed by atoms with Gasteiger partial charge in [-0.05, 0) is 37.5 Å². The Morgan fingerprint density at radius 3 is 2.60 bits per heavy atom. The van der Waals surface area contributed by atoms with Crippen molar-refractivity contribution in [3.63, 3.8) is 0 Å². The van der Waals surface area contributed by atoms with Crippen LogP contribution in [0.15, 0.2) is 42.6 Å². The summed E-state index contributed by atoms with van der Waals surface area (Å²) < 4.78 is 48.0. The van der Waals surface area contributed by atoms with Crippen molar-refractivity contribution in [1.29, 1.82) is 0 Å². The van der Waals surface area contributed by atoms with E-state index >= 15 is 0 Å². The van der Waals surface area contributed by atoms with Crippen LogP contribution in [-0.4, -0.2) is 49.1 Å². The molecule has 1 saturated heterocycles. The molecule has 0 saturated carbocycles. The number of amides is 1. The molecule has 0 radical (unpaired) electrons. The smallest absolute Gasteiger partial charge is 0.257 e. The Labute approximate surface area is 247 Å². The number of benzene rings is 2. The lowest BCUT2D eigenvalue weighted by molar-refractivity contribution is 0.0673. The van der Waals surface area contributed by atoms with Gasteiger partial charge in [0.05, 0.1) is 28.2 Å². The summed E-state index contributed by atoms with van der Waals surface area (Å²) >= 11 is 6.26. The summed E-state index contributed by atoms with van der Waals surface area (Å²) in [5.41, 5.74) is 1.95. The zero-order valence-electron chi connectivity index (χ0n) is 22.7. The summed E-state index contributed by atoms with van der Waals surface area (Å²) in [4.78, 5) is 22.3. The van der Waals surface area contributed by atoms with Crippen molar-refractivity contribution in [1.82, 2.24) is 29.9 Å². The van der Waals surface area contributed by atoms with E-state index in [1.54, 1.807) is 12.3 Å². The Kier molecular flexibility index (Phi) is 7.86. The van der Waals surface area contributed by atoms with Crippen LogP contribution in [0.4, 0.5) is 36.4 Å². The lowest BCUT2D eigenvalue weighted by Crippen LogP contribution is -2.21. The van der Waals surface area contributed by atoms with Crippen LogP contribution in [0.1, 0.15) is 40.5 Å². The number of anilines is 4. The van der Waals surface area contributed by atoms with E-state index < -0.39 is 23.4 Å². The monoisotopic (exact) mass is 611 g/mol. The Morgan fingerprint density at radius 1 is 1.12 bits per heavy atom. The van der Waals surface area contributed by atoms with Gasteiger partial charge in [0.25, 0.3) is 5.91 Å². The number of halogens is 4.